The molecule has 1 aromatic rings. The van der Waals surface area contributed by atoms with Crippen molar-refractivity contribution in [2.24, 2.45) is 5.16 Å². The minimum absolute atomic E-state index is 0.0740. The Morgan fingerprint density at radius 3 is 2.67 bits per heavy atom. The van der Waals surface area contributed by atoms with Gasteiger partial charge in [0, 0.05) is 23.6 Å². The SMILES string of the molecule is CCC1=C(OC(C)=O)N2C(=O)[C@@H](NC(=O)/C(=N\OC(C)(C)C(=O)O)c3csc(N)n3)[C@H]2SC1. The van der Waals surface area contributed by atoms with Gasteiger partial charge in [-0.1, -0.05) is 12.1 Å². The number of carbonyl (C=O) groups excluding carboxylic acids is 3. The third-order valence-electron chi connectivity index (χ3n) is 4.81. The van der Waals surface area contributed by atoms with Crippen LogP contribution in [0.4, 0.5) is 5.13 Å². The number of carboxylic acid groups (broad SMARTS) is 1. The fourth-order valence-electron chi connectivity index (χ4n) is 2.92. The van der Waals surface area contributed by atoms with Crippen LogP contribution in [0.3, 0.4) is 0 Å². The highest BCUT2D eigenvalue weighted by Gasteiger charge is 2.54. The summed E-state index contributed by atoms with van der Waals surface area (Å²) in [5, 5.41) is 16.7. The molecule has 0 bridgehead atoms. The van der Waals surface area contributed by atoms with E-state index in [1.165, 1.54) is 42.8 Å². The molecule has 2 aliphatic heterocycles. The van der Waals surface area contributed by atoms with Gasteiger partial charge in [0.15, 0.2) is 10.8 Å². The predicted molar refractivity (Wildman–Crippen MR) is 120 cm³/mol. The number of oxime groups is 1. The van der Waals surface area contributed by atoms with E-state index in [0.717, 1.165) is 16.9 Å². The van der Waals surface area contributed by atoms with E-state index in [0.29, 0.717) is 12.2 Å². The number of β-lactam (4-membered cyclic amide) rings is 1. The molecule has 0 radical (unpaired) electrons. The number of esters is 1. The molecule has 1 aromatic heterocycles. The van der Waals surface area contributed by atoms with Gasteiger partial charge < -0.3 is 25.7 Å². The molecule has 2 amide bonds. The Balaban J connectivity index is 1.82. The Morgan fingerprint density at radius 1 is 1.42 bits per heavy atom. The number of aliphatic carboxylic acids is 1. The number of nitrogens with one attached hydrogen (secondary N) is 1. The van der Waals surface area contributed by atoms with Crippen molar-refractivity contribution in [1.82, 2.24) is 15.2 Å². The van der Waals surface area contributed by atoms with Crippen molar-refractivity contribution in [1.29, 1.82) is 0 Å². The Morgan fingerprint density at radius 2 is 2.12 bits per heavy atom. The molecular weight excluding hydrogens is 474 g/mol. The Hall–Kier alpha value is -3.13. The van der Waals surface area contributed by atoms with Gasteiger partial charge in [-0.2, -0.15) is 0 Å². The number of amides is 2. The maximum Gasteiger partial charge on any atom is 0.350 e. The molecule has 3 rings (SSSR count). The Kier molecular flexibility index (Phi) is 6.97. The molecule has 14 heteroatoms. The first-order valence-corrected chi connectivity index (χ1v) is 11.8. The van der Waals surface area contributed by atoms with Crippen molar-refractivity contribution in [3.63, 3.8) is 0 Å². The van der Waals surface area contributed by atoms with Crippen LogP contribution in [0.25, 0.3) is 0 Å². The Bertz CT molecular complexity index is 1060. The quantitative estimate of drug-likeness (QED) is 0.202. The summed E-state index contributed by atoms with van der Waals surface area (Å²) < 4.78 is 5.27. The highest BCUT2D eigenvalue weighted by atomic mass is 32.2. The molecule has 2 atom stereocenters. The minimum Gasteiger partial charge on any atom is -0.478 e. The molecule has 12 nitrogen and oxygen atoms in total. The largest absolute Gasteiger partial charge is 0.478 e. The molecule has 178 valence electrons. The zero-order valence-corrected chi connectivity index (χ0v) is 19.9. The summed E-state index contributed by atoms with van der Waals surface area (Å²) in [6.07, 6.45) is 0.599. The van der Waals surface area contributed by atoms with Crippen molar-refractivity contribution in [2.45, 2.75) is 51.1 Å². The van der Waals surface area contributed by atoms with Gasteiger partial charge in [0.2, 0.25) is 11.5 Å². The van der Waals surface area contributed by atoms with Gasteiger partial charge >= 0.3 is 11.9 Å². The summed E-state index contributed by atoms with van der Waals surface area (Å²) >= 11 is 2.48. The molecule has 0 spiro atoms. The van der Waals surface area contributed by atoms with Gasteiger partial charge in [-0.15, -0.1) is 23.1 Å². The fourth-order valence-corrected chi connectivity index (χ4v) is 4.89. The lowest BCUT2D eigenvalue weighted by Crippen LogP contribution is -2.70. The topological polar surface area (TPSA) is 174 Å². The normalized spacial score (nSPS) is 20.7. The van der Waals surface area contributed by atoms with Crippen molar-refractivity contribution in [2.75, 3.05) is 11.5 Å². The van der Waals surface area contributed by atoms with E-state index < -0.39 is 40.8 Å². The lowest BCUT2D eigenvalue weighted by Gasteiger charge is -2.49. The highest BCUT2D eigenvalue weighted by Crippen LogP contribution is 2.41. The number of hydrogen-bond acceptors (Lipinski definition) is 11. The van der Waals surface area contributed by atoms with Crippen LogP contribution in [0.15, 0.2) is 22.0 Å². The summed E-state index contributed by atoms with van der Waals surface area (Å²) in [4.78, 5) is 59.1. The fraction of sp³-hybridized carbons (Fsp3) is 0.474. The third-order valence-corrected chi connectivity index (χ3v) is 6.82. The number of aromatic nitrogens is 1. The molecule has 33 heavy (non-hydrogen) atoms. The minimum atomic E-state index is -1.71. The maximum absolute atomic E-state index is 13.0. The zero-order valence-electron chi connectivity index (χ0n) is 18.3. The number of carboxylic acids is 1. The number of ether oxygens (including phenoxy) is 1. The Labute approximate surface area is 197 Å². The van der Waals surface area contributed by atoms with Crippen molar-refractivity contribution < 1.29 is 33.9 Å². The molecule has 0 unspecified atom stereocenters. The second-order valence-electron chi connectivity index (χ2n) is 7.63. The summed E-state index contributed by atoms with van der Waals surface area (Å²) in [7, 11) is 0. The van der Waals surface area contributed by atoms with Gasteiger partial charge in [0.1, 0.15) is 17.1 Å². The first-order chi connectivity index (χ1) is 15.5. The second-order valence-corrected chi connectivity index (χ2v) is 9.63. The predicted octanol–water partition coefficient (Wildman–Crippen LogP) is 0.894. The van der Waals surface area contributed by atoms with E-state index >= 15 is 0 Å². The van der Waals surface area contributed by atoms with E-state index in [-0.39, 0.29) is 22.4 Å². The molecule has 1 fully saturated rings. The second kappa shape index (κ2) is 9.39. The zero-order chi connectivity index (χ0) is 24.5. The van der Waals surface area contributed by atoms with Crippen LogP contribution in [-0.2, 0) is 28.8 Å². The van der Waals surface area contributed by atoms with Gasteiger partial charge in [-0.3, -0.25) is 19.3 Å². The van der Waals surface area contributed by atoms with Crippen LogP contribution >= 0.6 is 23.1 Å². The number of thiazole rings is 1. The van der Waals surface area contributed by atoms with Gasteiger partial charge in [-0.05, 0) is 20.3 Å². The van der Waals surface area contributed by atoms with E-state index in [1.54, 1.807) is 0 Å². The first-order valence-electron chi connectivity index (χ1n) is 9.83. The van der Waals surface area contributed by atoms with Crippen LogP contribution in [0.5, 0.6) is 0 Å². The van der Waals surface area contributed by atoms with Gasteiger partial charge in [0.25, 0.3) is 11.8 Å². The van der Waals surface area contributed by atoms with E-state index in [2.05, 4.69) is 15.5 Å². The smallest absolute Gasteiger partial charge is 0.350 e. The highest BCUT2D eigenvalue weighted by molar-refractivity contribution is 8.00. The molecule has 0 aliphatic carbocycles. The molecular formula is C19H23N5O7S2. The number of hydrogen-bond donors (Lipinski definition) is 3. The van der Waals surface area contributed by atoms with Crippen LogP contribution in [0, 0.1) is 0 Å². The van der Waals surface area contributed by atoms with Crippen LogP contribution < -0.4 is 11.1 Å². The number of carbonyl (C=O) groups is 4. The van der Waals surface area contributed by atoms with Gasteiger partial charge in [-0.25, -0.2) is 9.78 Å². The number of nitrogens with two attached hydrogens (primary N) is 1. The summed E-state index contributed by atoms with van der Waals surface area (Å²) in [6, 6.07) is -0.917. The number of anilines is 1. The van der Waals surface area contributed by atoms with Crippen LogP contribution in [-0.4, -0.2) is 67.2 Å². The monoisotopic (exact) mass is 497 g/mol. The summed E-state index contributed by atoms with van der Waals surface area (Å²) in [5.74, 6) is -2.35. The number of rotatable bonds is 8. The lowest BCUT2D eigenvalue weighted by atomic mass is 10.0. The third kappa shape index (κ3) is 4.95. The summed E-state index contributed by atoms with van der Waals surface area (Å²) in [6.45, 7) is 5.68. The standard InChI is InChI=1S/C19H23N5O7S2/c1-5-9-6-32-16-12(14(27)24(16)15(9)30-8(2)25)22-13(26)11(10-7-33-18(20)21-10)23-31-19(3,4)17(28)29/h7,12,16H,5-6H2,1-4H3,(H2,20,21)(H,22,26)(H,28,29)/b23-11-/t12-,16-/m1/s1. The molecule has 0 aromatic carbocycles. The number of thioether (sulfide) groups is 1. The molecule has 4 N–H and O–H groups in total. The molecule has 2 aliphatic rings. The van der Waals surface area contributed by atoms with Crippen LogP contribution in [0.2, 0.25) is 0 Å². The molecule has 3 heterocycles. The lowest BCUT2D eigenvalue weighted by molar-refractivity contribution is -0.161. The van der Waals surface area contributed by atoms with E-state index in [9.17, 15) is 24.3 Å². The van der Waals surface area contributed by atoms with E-state index in [4.69, 9.17) is 15.3 Å². The number of fused-ring (bicyclic) bond motifs is 1. The van der Waals surface area contributed by atoms with Crippen molar-refractivity contribution in [3.05, 3.63) is 22.5 Å². The summed E-state index contributed by atoms with van der Waals surface area (Å²) in [5.41, 5.74) is 4.50. The van der Waals surface area contributed by atoms with Crippen LogP contribution in [0.1, 0.15) is 39.8 Å². The van der Waals surface area contributed by atoms with Crippen molar-refractivity contribution in [3.8, 4) is 0 Å². The number of nitrogens with zero attached hydrogens (tertiary/aromatic N) is 3. The average Bonchev–Trinajstić information content (AvgIpc) is 3.16. The van der Waals surface area contributed by atoms with Crippen molar-refractivity contribution >= 4 is 57.7 Å². The van der Waals surface area contributed by atoms with E-state index in [1.807, 2.05) is 6.92 Å². The molecule has 1 saturated heterocycles. The molecule has 0 saturated carbocycles. The maximum atomic E-state index is 13.0. The average molecular weight is 498 g/mol. The number of nitrogen functional groups attached to an aromatic ring is 1. The van der Waals surface area contributed by atoms with Gasteiger partial charge in [0.05, 0.1) is 0 Å². The first kappa shape index (κ1) is 24.5.